The van der Waals surface area contributed by atoms with E-state index in [9.17, 15) is 23.3 Å². The summed E-state index contributed by atoms with van der Waals surface area (Å²) < 4.78 is 32.3. The first kappa shape index (κ1) is 17.3. The highest BCUT2D eigenvalue weighted by atomic mass is 35.7. The lowest BCUT2D eigenvalue weighted by molar-refractivity contribution is -0.385. The largest absolute Gasteiger partial charge is 0.460 e. The van der Waals surface area contributed by atoms with Crippen molar-refractivity contribution < 1.29 is 27.6 Å². The zero-order chi connectivity index (χ0) is 16.0. The summed E-state index contributed by atoms with van der Waals surface area (Å²) >= 11 is 0. The van der Waals surface area contributed by atoms with Crippen LogP contribution in [0.5, 0.6) is 0 Å². The van der Waals surface area contributed by atoms with Crippen molar-refractivity contribution in [2.24, 2.45) is 0 Å². The van der Waals surface area contributed by atoms with Gasteiger partial charge in [-0.15, -0.1) is 0 Å². The molecule has 0 radical (unpaired) electrons. The molecule has 0 atom stereocenters. The number of carbonyl (C=O) groups excluding carboxylic acids is 1. The number of ether oxygens (including phenoxy) is 2. The summed E-state index contributed by atoms with van der Waals surface area (Å²) in [6.45, 7) is 2.32. The van der Waals surface area contributed by atoms with Crippen LogP contribution in [-0.4, -0.2) is 39.1 Å². The van der Waals surface area contributed by atoms with Gasteiger partial charge in [0, 0.05) is 29.4 Å². The summed E-state index contributed by atoms with van der Waals surface area (Å²) in [4.78, 5) is 21.1. The number of hydrogen-bond acceptors (Lipinski definition) is 7. The molecule has 0 aliphatic rings. The fourth-order valence-electron chi connectivity index (χ4n) is 1.37. The van der Waals surface area contributed by atoms with E-state index in [4.69, 9.17) is 20.2 Å². The first-order chi connectivity index (χ1) is 9.75. The lowest BCUT2D eigenvalue weighted by atomic mass is 10.2. The van der Waals surface area contributed by atoms with Crippen LogP contribution in [-0.2, 0) is 18.5 Å². The predicted octanol–water partition coefficient (Wildman–Crippen LogP) is 1.72. The first-order valence-electron chi connectivity index (χ1n) is 5.74. The average Bonchev–Trinajstić information content (AvgIpc) is 2.41. The van der Waals surface area contributed by atoms with Gasteiger partial charge in [-0.3, -0.25) is 10.1 Å². The molecule has 0 N–H and O–H groups in total. The molecule has 0 amide bonds. The molecule has 0 unspecified atom stereocenters. The molecule has 10 heteroatoms. The monoisotopic (exact) mass is 337 g/mol. The van der Waals surface area contributed by atoms with E-state index < -0.39 is 30.5 Å². The number of halogens is 1. The highest BCUT2D eigenvalue weighted by Gasteiger charge is 2.21. The molecule has 0 spiro atoms. The molecule has 0 saturated heterocycles. The molecule has 0 saturated carbocycles. The lowest BCUT2D eigenvalue weighted by Crippen LogP contribution is -2.11. The SMILES string of the molecule is CCOCCOC(=O)c1cc([N+](=O)[O-])cc(S(=O)(=O)Cl)c1. The fraction of sp³-hybridized carbons (Fsp3) is 0.364. The van der Waals surface area contributed by atoms with Crippen LogP contribution in [0.1, 0.15) is 17.3 Å². The molecule has 116 valence electrons. The van der Waals surface area contributed by atoms with Crippen LogP contribution >= 0.6 is 10.7 Å². The van der Waals surface area contributed by atoms with E-state index >= 15 is 0 Å². The van der Waals surface area contributed by atoms with E-state index in [0.717, 1.165) is 18.2 Å². The van der Waals surface area contributed by atoms with Crippen LogP contribution in [0.2, 0.25) is 0 Å². The lowest BCUT2D eigenvalue weighted by Gasteiger charge is -2.06. The van der Waals surface area contributed by atoms with E-state index in [0.29, 0.717) is 6.61 Å². The third-order valence-corrected chi connectivity index (χ3v) is 3.62. The number of esters is 1. The zero-order valence-electron chi connectivity index (χ0n) is 10.9. The molecule has 8 nitrogen and oxygen atoms in total. The van der Waals surface area contributed by atoms with E-state index in [1.54, 1.807) is 6.92 Å². The Morgan fingerprint density at radius 2 is 2.00 bits per heavy atom. The molecule has 1 aromatic carbocycles. The average molecular weight is 338 g/mol. The minimum absolute atomic E-state index is 0.0572. The molecule has 0 heterocycles. The van der Waals surface area contributed by atoms with Gasteiger partial charge in [0.05, 0.1) is 22.0 Å². The van der Waals surface area contributed by atoms with E-state index in [1.165, 1.54) is 0 Å². The Morgan fingerprint density at radius 1 is 1.33 bits per heavy atom. The molecule has 1 rings (SSSR count). The van der Waals surface area contributed by atoms with Crippen molar-refractivity contribution in [1.29, 1.82) is 0 Å². The standard InChI is InChI=1S/C11H12ClNO7S/c1-2-19-3-4-20-11(14)8-5-9(13(15)16)7-10(6-8)21(12,17)18/h5-7H,2-4H2,1H3. The molecule has 1 aromatic rings. The molecule has 0 fully saturated rings. The number of rotatable bonds is 7. The first-order valence-corrected chi connectivity index (χ1v) is 8.05. The van der Waals surface area contributed by atoms with Crippen molar-refractivity contribution >= 4 is 31.4 Å². The Balaban J connectivity index is 3.03. The van der Waals surface area contributed by atoms with Gasteiger partial charge in [0.15, 0.2) is 0 Å². The smallest absolute Gasteiger partial charge is 0.338 e. The Bertz CT molecular complexity index is 644. The maximum absolute atomic E-state index is 11.7. The fourth-order valence-corrected chi connectivity index (χ4v) is 2.16. The summed E-state index contributed by atoms with van der Waals surface area (Å²) in [5, 5.41) is 10.7. The molecule has 21 heavy (non-hydrogen) atoms. The van der Waals surface area contributed by atoms with Gasteiger partial charge in [-0.1, -0.05) is 0 Å². The van der Waals surface area contributed by atoms with Crippen molar-refractivity contribution in [2.75, 3.05) is 19.8 Å². The number of carbonyl (C=O) groups is 1. The second kappa shape index (κ2) is 7.34. The Hall–Kier alpha value is -1.71. The maximum Gasteiger partial charge on any atom is 0.338 e. The van der Waals surface area contributed by atoms with Crippen molar-refractivity contribution in [1.82, 2.24) is 0 Å². The van der Waals surface area contributed by atoms with Crippen molar-refractivity contribution in [3.63, 3.8) is 0 Å². The second-order valence-corrected chi connectivity index (χ2v) is 6.31. The Morgan fingerprint density at radius 3 is 2.52 bits per heavy atom. The van der Waals surface area contributed by atoms with Gasteiger partial charge in [-0.2, -0.15) is 0 Å². The Labute approximate surface area is 125 Å². The number of nitrogens with zero attached hydrogens (tertiary/aromatic N) is 1. The van der Waals surface area contributed by atoms with Crippen molar-refractivity contribution in [2.45, 2.75) is 11.8 Å². The Kier molecular flexibility index (Phi) is 6.06. The summed E-state index contributed by atoms with van der Waals surface area (Å²) in [5.41, 5.74) is -0.853. The van der Waals surface area contributed by atoms with Gasteiger partial charge < -0.3 is 9.47 Å². The van der Waals surface area contributed by atoms with Crippen LogP contribution in [0.3, 0.4) is 0 Å². The zero-order valence-corrected chi connectivity index (χ0v) is 12.5. The van der Waals surface area contributed by atoms with Crippen LogP contribution in [0.15, 0.2) is 23.1 Å². The molecular formula is C11H12ClNO7S. The number of non-ortho nitro benzene ring substituents is 1. The summed E-state index contributed by atoms with van der Waals surface area (Å²) in [6, 6.07) is 2.59. The minimum Gasteiger partial charge on any atom is -0.460 e. The van der Waals surface area contributed by atoms with Gasteiger partial charge in [0.1, 0.15) is 6.61 Å². The van der Waals surface area contributed by atoms with E-state index in [2.05, 4.69) is 0 Å². The highest BCUT2D eigenvalue weighted by Crippen LogP contribution is 2.23. The van der Waals surface area contributed by atoms with Gasteiger partial charge in [-0.25, -0.2) is 13.2 Å². The van der Waals surface area contributed by atoms with Crippen LogP contribution in [0.25, 0.3) is 0 Å². The summed E-state index contributed by atoms with van der Waals surface area (Å²) in [6.07, 6.45) is 0. The molecule has 0 aliphatic carbocycles. The van der Waals surface area contributed by atoms with Gasteiger partial charge >= 0.3 is 5.97 Å². The molecule has 0 bridgehead atoms. The number of benzene rings is 1. The van der Waals surface area contributed by atoms with Crippen LogP contribution in [0, 0.1) is 10.1 Å². The number of nitro groups is 1. The topological polar surface area (TPSA) is 113 Å². The van der Waals surface area contributed by atoms with Crippen LogP contribution < -0.4 is 0 Å². The molecule has 0 aliphatic heterocycles. The molecular weight excluding hydrogens is 326 g/mol. The van der Waals surface area contributed by atoms with Crippen LogP contribution in [0.4, 0.5) is 5.69 Å². The highest BCUT2D eigenvalue weighted by molar-refractivity contribution is 8.13. The summed E-state index contributed by atoms with van der Waals surface area (Å²) in [5.74, 6) is -0.903. The number of hydrogen-bond donors (Lipinski definition) is 0. The minimum atomic E-state index is -4.21. The van der Waals surface area contributed by atoms with E-state index in [-0.39, 0.29) is 18.8 Å². The quantitative estimate of drug-likeness (QED) is 0.245. The third kappa shape index (κ3) is 5.29. The number of nitro benzene ring substituents is 1. The van der Waals surface area contributed by atoms with Crippen molar-refractivity contribution in [3.05, 3.63) is 33.9 Å². The van der Waals surface area contributed by atoms with Gasteiger partial charge in [0.2, 0.25) is 0 Å². The van der Waals surface area contributed by atoms with E-state index in [1.807, 2.05) is 0 Å². The summed E-state index contributed by atoms with van der Waals surface area (Å²) in [7, 11) is 0.926. The normalized spacial score (nSPS) is 11.1. The van der Waals surface area contributed by atoms with Gasteiger partial charge in [0.25, 0.3) is 14.7 Å². The third-order valence-electron chi connectivity index (χ3n) is 2.28. The maximum atomic E-state index is 11.7. The molecule has 0 aromatic heterocycles. The predicted molar refractivity (Wildman–Crippen MR) is 72.9 cm³/mol. The second-order valence-electron chi connectivity index (χ2n) is 3.74. The van der Waals surface area contributed by atoms with Crippen molar-refractivity contribution in [3.8, 4) is 0 Å². The van der Waals surface area contributed by atoms with Gasteiger partial charge in [-0.05, 0) is 13.0 Å².